The molecule has 1 atom stereocenters. The van der Waals surface area contributed by atoms with Crippen molar-refractivity contribution in [1.29, 1.82) is 0 Å². The zero-order valence-corrected chi connectivity index (χ0v) is 25.5. The van der Waals surface area contributed by atoms with Gasteiger partial charge in [0.15, 0.2) is 4.80 Å². The maximum atomic E-state index is 14.1. The van der Waals surface area contributed by atoms with Crippen LogP contribution in [0.15, 0.2) is 105 Å². The van der Waals surface area contributed by atoms with Crippen LogP contribution in [0, 0.1) is 10.1 Å². The van der Waals surface area contributed by atoms with Gasteiger partial charge in [0.1, 0.15) is 22.3 Å². The van der Waals surface area contributed by atoms with Crippen LogP contribution < -0.4 is 19.6 Å². The number of furan rings is 1. The van der Waals surface area contributed by atoms with Gasteiger partial charge < -0.3 is 13.9 Å². The summed E-state index contributed by atoms with van der Waals surface area (Å²) in [4.78, 5) is 43.7. The van der Waals surface area contributed by atoms with E-state index in [4.69, 9.17) is 30.5 Å². The molecule has 6 rings (SSSR count). The molecular formula is C33H24ClN3O7S. The van der Waals surface area contributed by atoms with E-state index in [1.54, 1.807) is 56.5 Å². The highest BCUT2D eigenvalue weighted by molar-refractivity contribution is 7.07. The average molecular weight is 642 g/mol. The number of carbonyl (C=O) groups is 1. The predicted octanol–water partition coefficient (Wildman–Crippen LogP) is 5.77. The first kappa shape index (κ1) is 29.8. The number of methoxy groups -OCH3 is 1. The number of halogens is 1. The molecule has 0 saturated heterocycles. The molecule has 0 N–H and O–H groups in total. The molecule has 0 amide bonds. The quantitative estimate of drug-likeness (QED) is 0.120. The molecule has 1 aliphatic rings. The summed E-state index contributed by atoms with van der Waals surface area (Å²) in [5, 5.41) is 11.4. The van der Waals surface area contributed by atoms with Crippen molar-refractivity contribution in [2.24, 2.45) is 4.99 Å². The van der Waals surface area contributed by atoms with Crippen LogP contribution in [0.3, 0.4) is 0 Å². The highest BCUT2D eigenvalue weighted by Gasteiger charge is 2.35. The summed E-state index contributed by atoms with van der Waals surface area (Å²) in [6.45, 7) is 1.85. The van der Waals surface area contributed by atoms with Crippen LogP contribution in [0.5, 0.6) is 5.75 Å². The first-order valence-electron chi connectivity index (χ1n) is 13.8. The van der Waals surface area contributed by atoms with Crippen molar-refractivity contribution in [2.45, 2.75) is 13.0 Å². The van der Waals surface area contributed by atoms with Crippen LogP contribution in [0.4, 0.5) is 5.69 Å². The number of carbonyl (C=O) groups excluding carboxylic acids is 1. The number of thiazole rings is 1. The molecular weight excluding hydrogens is 618 g/mol. The topological polar surface area (TPSA) is 126 Å². The Bertz CT molecular complexity index is 2170. The van der Waals surface area contributed by atoms with E-state index in [1.807, 2.05) is 36.4 Å². The number of hydrogen-bond donors (Lipinski definition) is 0. The van der Waals surface area contributed by atoms with E-state index < -0.39 is 16.9 Å². The van der Waals surface area contributed by atoms with E-state index in [2.05, 4.69) is 0 Å². The Morgan fingerprint density at radius 3 is 2.62 bits per heavy atom. The fraction of sp³-hybridized carbons (Fsp3) is 0.121. The second kappa shape index (κ2) is 12.4. The molecule has 2 aromatic heterocycles. The summed E-state index contributed by atoms with van der Waals surface area (Å²) in [6, 6.07) is 23.2. The molecule has 0 radical (unpaired) electrons. The molecule has 0 spiro atoms. The number of nitro groups is 1. The van der Waals surface area contributed by atoms with E-state index in [0.717, 1.165) is 11.3 Å². The lowest BCUT2D eigenvalue weighted by Gasteiger charge is -2.26. The number of aromatic nitrogens is 1. The third-order valence-corrected chi connectivity index (χ3v) is 8.41. The van der Waals surface area contributed by atoms with Crippen molar-refractivity contribution in [3.8, 4) is 17.1 Å². The van der Waals surface area contributed by atoms with E-state index in [1.165, 1.54) is 16.7 Å². The number of benzene rings is 3. The highest BCUT2D eigenvalue weighted by atomic mass is 35.5. The van der Waals surface area contributed by atoms with Gasteiger partial charge in [0, 0.05) is 23.3 Å². The van der Waals surface area contributed by atoms with E-state index in [-0.39, 0.29) is 28.4 Å². The fourth-order valence-corrected chi connectivity index (χ4v) is 6.26. The van der Waals surface area contributed by atoms with E-state index in [9.17, 15) is 19.7 Å². The van der Waals surface area contributed by atoms with Gasteiger partial charge in [-0.05, 0) is 48.9 Å². The minimum absolute atomic E-state index is 0.0132. The largest absolute Gasteiger partial charge is 0.497 e. The van der Waals surface area contributed by atoms with Crippen molar-refractivity contribution < 1.29 is 23.6 Å². The van der Waals surface area contributed by atoms with Crippen LogP contribution in [-0.2, 0) is 9.53 Å². The molecule has 10 nitrogen and oxygen atoms in total. The number of rotatable bonds is 8. The second-order valence-electron chi connectivity index (χ2n) is 9.83. The zero-order valence-electron chi connectivity index (χ0n) is 23.9. The van der Waals surface area contributed by atoms with Gasteiger partial charge in [-0.2, -0.15) is 0 Å². The number of nitro benzene ring substituents is 1. The maximum absolute atomic E-state index is 14.1. The number of hydrogen-bond acceptors (Lipinski definition) is 9. The van der Waals surface area contributed by atoms with Crippen LogP contribution in [0.1, 0.15) is 29.9 Å². The summed E-state index contributed by atoms with van der Waals surface area (Å²) >= 11 is 7.11. The number of esters is 1. The summed E-state index contributed by atoms with van der Waals surface area (Å²) in [5.41, 5.74) is 1.78. The van der Waals surface area contributed by atoms with Gasteiger partial charge in [0.05, 0.1) is 40.5 Å². The van der Waals surface area contributed by atoms with Crippen LogP contribution in [0.2, 0.25) is 5.02 Å². The van der Waals surface area contributed by atoms with Gasteiger partial charge in [0.25, 0.3) is 11.2 Å². The Morgan fingerprint density at radius 1 is 1.09 bits per heavy atom. The van der Waals surface area contributed by atoms with Crippen LogP contribution in [0.25, 0.3) is 23.1 Å². The van der Waals surface area contributed by atoms with Gasteiger partial charge in [-0.1, -0.05) is 65.4 Å². The lowest BCUT2D eigenvalue weighted by Crippen LogP contribution is -2.40. The van der Waals surface area contributed by atoms with Gasteiger partial charge in [-0.15, -0.1) is 0 Å². The van der Waals surface area contributed by atoms with Crippen LogP contribution in [-0.4, -0.2) is 29.2 Å². The summed E-state index contributed by atoms with van der Waals surface area (Å²) in [7, 11) is 1.54. The molecule has 12 heteroatoms. The average Bonchev–Trinajstić information content (AvgIpc) is 3.64. The fourth-order valence-electron chi connectivity index (χ4n) is 5.09. The van der Waals surface area contributed by atoms with Gasteiger partial charge in [-0.3, -0.25) is 19.5 Å². The first-order valence-corrected chi connectivity index (χ1v) is 14.9. The van der Waals surface area contributed by atoms with Gasteiger partial charge >= 0.3 is 5.97 Å². The summed E-state index contributed by atoms with van der Waals surface area (Å²) < 4.78 is 18.7. The van der Waals surface area contributed by atoms with Crippen molar-refractivity contribution in [1.82, 2.24) is 4.57 Å². The van der Waals surface area contributed by atoms with Crippen molar-refractivity contribution in [2.75, 3.05) is 13.7 Å². The van der Waals surface area contributed by atoms with E-state index >= 15 is 0 Å². The first-order chi connectivity index (χ1) is 21.8. The molecule has 3 aromatic carbocycles. The Kier molecular flexibility index (Phi) is 8.20. The Labute approximate surface area is 264 Å². The molecule has 1 aliphatic heterocycles. The number of ether oxygens (including phenoxy) is 2. The van der Waals surface area contributed by atoms with Crippen molar-refractivity contribution in [3.63, 3.8) is 0 Å². The third kappa shape index (κ3) is 5.70. The van der Waals surface area contributed by atoms with E-state index in [0.29, 0.717) is 49.0 Å². The SMILES string of the molecule is CCOC(=O)C1=C(c2ccccc2)N=c2s/c(=C\c3ccc(-c4ccc(Cl)c([N+](=O)[O-])c4)o3)c(=O)n2[C@H]1c1cccc(OC)c1. The van der Waals surface area contributed by atoms with Gasteiger partial charge in [-0.25, -0.2) is 9.79 Å². The summed E-state index contributed by atoms with van der Waals surface area (Å²) in [5.74, 6) is 0.675. The lowest BCUT2D eigenvalue weighted by atomic mass is 9.93. The molecule has 5 aromatic rings. The zero-order chi connectivity index (χ0) is 31.7. The monoisotopic (exact) mass is 641 g/mol. The Morgan fingerprint density at radius 2 is 1.89 bits per heavy atom. The molecule has 0 fully saturated rings. The molecule has 3 heterocycles. The molecule has 0 aliphatic carbocycles. The van der Waals surface area contributed by atoms with Crippen molar-refractivity contribution >= 4 is 46.4 Å². The van der Waals surface area contributed by atoms with Gasteiger partial charge in [0.2, 0.25) is 0 Å². The van der Waals surface area contributed by atoms with Crippen molar-refractivity contribution in [3.05, 3.63) is 142 Å². The standard InChI is InChI=1S/C33H24ClN3O7S/c1-3-43-32(39)28-29(19-8-5-4-6-9-19)35-33-36(30(28)21-10-7-11-22(16-21)42-2)31(38)27(45-33)18-23-13-15-26(44-23)20-12-14-24(34)25(17-20)37(40)41/h4-18,30H,3H2,1-2H3/b27-18-/t30-/m0/s1. The minimum atomic E-state index is -0.866. The second-order valence-corrected chi connectivity index (χ2v) is 11.2. The molecule has 0 saturated carbocycles. The normalized spacial score (nSPS) is 14.6. The lowest BCUT2D eigenvalue weighted by molar-refractivity contribution is -0.384. The molecule has 0 unspecified atom stereocenters. The summed E-state index contributed by atoms with van der Waals surface area (Å²) in [6.07, 6.45) is 1.58. The molecule has 226 valence electrons. The number of nitrogens with zero attached hydrogens (tertiary/aromatic N) is 3. The van der Waals surface area contributed by atoms with Crippen LogP contribution >= 0.6 is 22.9 Å². The Balaban J connectivity index is 1.54. The third-order valence-electron chi connectivity index (χ3n) is 7.11. The Hall–Kier alpha value is -5.26. The minimum Gasteiger partial charge on any atom is -0.497 e. The predicted molar refractivity (Wildman–Crippen MR) is 170 cm³/mol. The molecule has 0 bridgehead atoms. The number of fused-ring (bicyclic) bond motifs is 1. The highest BCUT2D eigenvalue weighted by Crippen LogP contribution is 2.36. The molecule has 45 heavy (non-hydrogen) atoms. The smallest absolute Gasteiger partial charge is 0.338 e. The maximum Gasteiger partial charge on any atom is 0.338 e.